The topological polar surface area (TPSA) is 64.0 Å². The quantitative estimate of drug-likeness (QED) is 0.689. The van der Waals surface area contributed by atoms with Gasteiger partial charge in [0.15, 0.2) is 5.16 Å². The van der Waals surface area contributed by atoms with E-state index >= 15 is 0 Å². The molecule has 1 aromatic heterocycles. The molecule has 6 heteroatoms. The van der Waals surface area contributed by atoms with Crippen LogP contribution in [0.5, 0.6) is 0 Å². The van der Waals surface area contributed by atoms with E-state index in [2.05, 4.69) is 10.3 Å². The van der Waals surface area contributed by atoms with Crippen LogP contribution in [0.15, 0.2) is 34.2 Å². The van der Waals surface area contributed by atoms with Crippen molar-refractivity contribution in [3.63, 3.8) is 0 Å². The average Bonchev–Trinajstić information content (AvgIpc) is 3.28. The van der Waals surface area contributed by atoms with Crippen molar-refractivity contribution in [3.8, 4) is 0 Å². The number of carbonyl (C=O) groups excluding carboxylic acids is 1. The van der Waals surface area contributed by atoms with Crippen LogP contribution in [0.4, 0.5) is 0 Å². The van der Waals surface area contributed by atoms with Gasteiger partial charge in [0.25, 0.3) is 5.56 Å². The molecular formula is C15H17N3O2S. The van der Waals surface area contributed by atoms with Gasteiger partial charge in [-0.2, -0.15) is 0 Å². The molecule has 1 amide bonds. The van der Waals surface area contributed by atoms with Gasteiger partial charge in [-0.25, -0.2) is 4.98 Å². The number of fused-ring (bicyclic) bond motifs is 1. The summed E-state index contributed by atoms with van der Waals surface area (Å²) < 4.78 is 1.51. The maximum Gasteiger partial charge on any atom is 0.261 e. The largest absolute Gasteiger partial charge is 0.352 e. The molecule has 0 saturated heterocycles. The Morgan fingerprint density at radius 2 is 2.14 bits per heavy atom. The third kappa shape index (κ3) is 2.95. The second-order valence-electron chi connectivity index (χ2n) is 5.32. The van der Waals surface area contributed by atoms with Crippen LogP contribution in [-0.2, 0) is 11.8 Å². The third-order valence-corrected chi connectivity index (χ3v) is 4.66. The van der Waals surface area contributed by atoms with Gasteiger partial charge in [0.05, 0.1) is 16.2 Å². The molecule has 0 aliphatic heterocycles. The molecule has 1 aliphatic rings. The summed E-state index contributed by atoms with van der Waals surface area (Å²) in [6, 6.07) is 7.60. The molecule has 1 aliphatic carbocycles. The van der Waals surface area contributed by atoms with E-state index < -0.39 is 0 Å². The number of hydrogen-bond acceptors (Lipinski definition) is 4. The number of para-hydroxylation sites is 1. The minimum atomic E-state index is -0.273. The molecule has 1 fully saturated rings. The maximum absolute atomic E-state index is 12.3. The van der Waals surface area contributed by atoms with Gasteiger partial charge in [-0.15, -0.1) is 0 Å². The Hall–Kier alpha value is -1.82. The summed E-state index contributed by atoms with van der Waals surface area (Å²) >= 11 is 1.32. The highest BCUT2D eigenvalue weighted by Crippen LogP contribution is 2.24. The molecule has 5 nitrogen and oxygen atoms in total. The summed E-state index contributed by atoms with van der Waals surface area (Å²) in [7, 11) is 1.69. The fourth-order valence-corrected chi connectivity index (χ4v) is 2.94. The number of rotatable bonds is 4. The summed E-state index contributed by atoms with van der Waals surface area (Å²) in [5.41, 5.74) is 0.579. The molecule has 0 bridgehead atoms. The first-order chi connectivity index (χ1) is 10.1. The van der Waals surface area contributed by atoms with Crippen molar-refractivity contribution < 1.29 is 4.79 Å². The van der Waals surface area contributed by atoms with E-state index in [4.69, 9.17) is 0 Å². The molecule has 21 heavy (non-hydrogen) atoms. The Balaban J connectivity index is 1.87. The van der Waals surface area contributed by atoms with E-state index in [1.165, 1.54) is 16.3 Å². The van der Waals surface area contributed by atoms with Gasteiger partial charge in [0.1, 0.15) is 0 Å². The Bertz CT molecular complexity index is 752. The van der Waals surface area contributed by atoms with Gasteiger partial charge in [-0.1, -0.05) is 23.9 Å². The lowest BCUT2D eigenvalue weighted by Gasteiger charge is -2.13. The second-order valence-corrected chi connectivity index (χ2v) is 6.63. The van der Waals surface area contributed by atoms with Crippen LogP contribution in [-0.4, -0.2) is 26.8 Å². The molecule has 0 spiro atoms. The lowest BCUT2D eigenvalue weighted by molar-refractivity contribution is -0.120. The molecule has 1 heterocycles. The number of carbonyl (C=O) groups is 1. The SMILES string of the molecule is CC(Sc1nc2ccccc2c(=O)n1C)C(=O)NC1CC1. The van der Waals surface area contributed by atoms with Crippen molar-refractivity contribution in [3.05, 3.63) is 34.6 Å². The Morgan fingerprint density at radius 1 is 1.43 bits per heavy atom. The molecule has 0 radical (unpaired) electrons. The van der Waals surface area contributed by atoms with Crippen LogP contribution in [0.3, 0.4) is 0 Å². The zero-order chi connectivity index (χ0) is 15.0. The molecule has 110 valence electrons. The summed E-state index contributed by atoms with van der Waals surface area (Å²) in [5.74, 6) is 0.00454. The average molecular weight is 303 g/mol. The number of benzene rings is 1. The van der Waals surface area contributed by atoms with E-state index in [-0.39, 0.29) is 16.7 Å². The summed E-state index contributed by atoms with van der Waals surface area (Å²) in [6.07, 6.45) is 2.13. The highest BCUT2D eigenvalue weighted by molar-refractivity contribution is 8.00. The fraction of sp³-hybridized carbons (Fsp3) is 0.400. The van der Waals surface area contributed by atoms with Crippen LogP contribution in [0.25, 0.3) is 10.9 Å². The number of nitrogens with zero attached hydrogens (tertiary/aromatic N) is 2. The van der Waals surface area contributed by atoms with Gasteiger partial charge in [-0.3, -0.25) is 14.2 Å². The molecule has 2 aromatic rings. The smallest absolute Gasteiger partial charge is 0.261 e. The van der Waals surface area contributed by atoms with Gasteiger partial charge >= 0.3 is 0 Å². The Kier molecular flexibility index (Phi) is 3.71. The van der Waals surface area contributed by atoms with Crippen molar-refractivity contribution >= 4 is 28.6 Å². The highest BCUT2D eigenvalue weighted by atomic mass is 32.2. The highest BCUT2D eigenvalue weighted by Gasteiger charge is 2.26. The van der Waals surface area contributed by atoms with Gasteiger partial charge in [0.2, 0.25) is 5.91 Å². The molecule has 3 rings (SSSR count). The van der Waals surface area contributed by atoms with Crippen LogP contribution in [0, 0.1) is 0 Å². The number of nitrogens with one attached hydrogen (secondary N) is 1. The molecule has 1 aromatic carbocycles. The Labute approximate surface area is 126 Å². The van der Waals surface area contributed by atoms with E-state index in [0.29, 0.717) is 22.1 Å². The zero-order valence-electron chi connectivity index (χ0n) is 12.0. The number of aromatic nitrogens is 2. The number of thioether (sulfide) groups is 1. The second kappa shape index (κ2) is 5.52. The molecule has 1 saturated carbocycles. The minimum absolute atomic E-state index is 0.00454. The van der Waals surface area contributed by atoms with Crippen molar-refractivity contribution in [1.82, 2.24) is 14.9 Å². The van der Waals surface area contributed by atoms with E-state index in [1.54, 1.807) is 13.1 Å². The zero-order valence-corrected chi connectivity index (χ0v) is 12.8. The molecule has 1 N–H and O–H groups in total. The van der Waals surface area contributed by atoms with Gasteiger partial charge < -0.3 is 5.32 Å². The van der Waals surface area contributed by atoms with Crippen LogP contribution < -0.4 is 10.9 Å². The summed E-state index contributed by atoms with van der Waals surface area (Å²) in [5, 5.41) is 3.86. The monoisotopic (exact) mass is 303 g/mol. The normalized spacial score (nSPS) is 15.9. The lowest BCUT2D eigenvalue weighted by atomic mass is 10.2. The predicted molar refractivity (Wildman–Crippen MR) is 83.5 cm³/mol. The molecule has 1 atom stereocenters. The van der Waals surface area contributed by atoms with Crippen LogP contribution in [0.2, 0.25) is 0 Å². The van der Waals surface area contributed by atoms with Crippen molar-refractivity contribution in [2.75, 3.05) is 0 Å². The van der Waals surface area contributed by atoms with Crippen LogP contribution >= 0.6 is 11.8 Å². The van der Waals surface area contributed by atoms with Crippen LogP contribution in [0.1, 0.15) is 19.8 Å². The predicted octanol–water partition coefficient (Wildman–Crippen LogP) is 1.69. The molecule has 1 unspecified atom stereocenters. The molecular weight excluding hydrogens is 286 g/mol. The standard InChI is InChI=1S/C15H17N3O2S/c1-9(13(19)16-10-7-8-10)21-15-17-12-6-4-3-5-11(12)14(20)18(15)2/h3-6,9-10H,7-8H2,1-2H3,(H,16,19). The first-order valence-corrected chi connectivity index (χ1v) is 7.87. The Morgan fingerprint density at radius 3 is 2.86 bits per heavy atom. The summed E-state index contributed by atoms with van der Waals surface area (Å²) in [6.45, 7) is 1.84. The number of amides is 1. The first-order valence-electron chi connectivity index (χ1n) is 6.99. The summed E-state index contributed by atoms with van der Waals surface area (Å²) in [4.78, 5) is 28.8. The van der Waals surface area contributed by atoms with Gasteiger partial charge in [-0.05, 0) is 31.9 Å². The van der Waals surface area contributed by atoms with Gasteiger partial charge in [0, 0.05) is 13.1 Å². The van der Waals surface area contributed by atoms with Crippen molar-refractivity contribution in [1.29, 1.82) is 0 Å². The third-order valence-electron chi connectivity index (χ3n) is 3.52. The fourth-order valence-electron chi connectivity index (χ4n) is 2.06. The van der Waals surface area contributed by atoms with E-state index in [1.807, 2.05) is 25.1 Å². The van der Waals surface area contributed by atoms with E-state index in [9.17, 15) is 9.59 Å². The van der Waals surface area contributed by atoms with Crippen molar-refractivity contribution in [2.24, 2.45) is 7.05 Å². The maximum atomic E-state index is 12.3. The lowest BCUT2D eigenvalue weighted by Crippen LogP contribution is -2.33. The van der Waals surface area contributed by atoms with Crippen molar-refractivity contribution in [2.45, 2.75) is 36.2 Å². The number of hydrogen-bond donors (Lipinski definition) is 1. The minimum Gasteiger partial charge on any atom is -0.352 e. The first kappa shape index (κ1) is 14.1. The van der Waals surface area contributed by atoms with E-state index in [0.717, 1.165) is 12.8 Å².